The number of aromatic hydroxyl groups is 1. The predicted octanol–water partition coefficient (Wildman–Crippen LogP) is 2.62. The van der Waals surface area contributed by atoms with E-state index in [1.807, 2.05) is 0 Å². The molecule has 0 fully saturated rings. The number of nitrogens with one attached hydrogen (secondary N) is 1. The Bertz CT molecular complexity index is 523. The molecule has 0 aliphatic rings. The highest BCUT2D eigenvalue weighted by Crippen LogP contribution is 2.20. The van der Waals surface area contributed by atoms with Crippen LogP contribution in [-0.2, 0) is 11.2 Å². The number of hydrogen-bond acceptors (Lipinski definition) is 3. The van der Waals surface area contributed by atoms with E-state index in [0.717, 1.165) is 0 Å². The molecule has 2 N–H and O–H groups in total. The van der Waals surface area contributed by atoms with E-state index in [4.69, 9.17) is 11.6 Å². The monoisotopic (exact) mass is 262 g/mol. The lowest BCUT2D eigenvalue weighted by Gasteiger charge is -2.07. The molecule has 1 heterocycles. The summed E-state index contributed by atoms with van der Waals surface area (Å²) in [7, 11) is 0. The molecular weight excluding hydrogens is 252 g/mol. The Morgan fingerprint density at radius 2 is 2.11 bits per heavy atom. The quantitative estimate of drug-likeness (QED) is 0.894. The van der Waals surface area contributed by atoms with Crippen LogP contribution in [0.3, 0.4) is 0 Å². The third kappa shape index (κ3) is 2.99. The van der Waals surface area contributed by atoms with E-state index >= 15 is 0 Å². The minimum absolute atomic E-state index is 0.0812. The molecule has 2 aromatic rings. The molecule has 0 aliphatic carbocycles. The third-order valence-corrected chi connectivity index (χ3v) is 2.71. The molecule has 0 atom stereocenters. The van der Waals surface area contributed by atoms with Crippen LogP contribution >= 0.6 is 11.6 Å². The van der Waals surface area contributed by atoms with E-state index in [0.29, 0.717) is 16.3 Å². The average molecular weight is 263 g/mol. The molecule has 5 heteroatoms. The summed E-state index contributed by atoms with van der Waals surface area (Å²) >= 11 is 5.90. The Balaban J connectivity index is 2.06. The lowest BCUT2D eigenvalue weighted by atomic mass is 10.1. The fourth-order valence-corrected chi connectivity index (χ4v) is 1.65. The van der Waals surface area contributed by atoms with Gasteiger partial charge in [0.1, 0.15) is 5.75 Å². The van der Waals surface area contributed by atoms with Crippen LogP contribution in [-0.4, -0.2) is 16.0 Å². The molecule has 1 amide bonds. The van der Waals surface area contributed by atoms with Crippen molar-refractivity contribution in [1.82, 2.24) is 4.98 Å². The van der Waals surface area contributed by atoms with Crippen LogP contribution < -0.4 is 5.32 Å². The van der Waals surface area contributed by atoms with E-state index in [1.54, 1.807) is 36.5 Å². The van der Waals surface area contributed by atoms with Crippen molar-refractivity contribution in [2.75, 3.05) is 5.32 Å². The molecule has 0 bridgehead atoms. The Kier molecular flexibility index (Phi) is 3.79. The minimum Gasteiger partial charge on any atom is -0.508 e. The molecule has 0 aliphatic heterocycles. The Hall–Kier alpha value is -2.07. The van der Waals surface area contributed by atoms with Crippen LogP contribution in [0, 0.1) is 0 Å². The summed E-state index contributed by atoms with van der Waals surface area (Å²) in [4.78, 5) is 15.7. The predicted molar refractivity (Wildman–Crippen MR) is 69.7 cm³/mol. The molecule has 0 saturated carbocycles. The Labute approximate surface area is 109 Å². The highest BCUT2D eigenvalue weighted by atomic mass is 35.5. The second-order valence-electron chi connectivity index (χ2n) is 3.71. The second-order valence-corrected chi connectivity index (χ2v) is 4.12. The van der Waals surface area contributed by atoms with Crippen LogP contribution in [0.1, 0.15) is 5.56 Å². The molecule has 2 rings (SSSR count). The zero-order chi connectivity index (χ0) is 13.0. The van der Waals surface area contributed by atoms with Crippen molar-refractivity contribution < 1.29 is 9.90 Å². The molecule has 18 heavy (non-hydrogen) atoms. The van der Waals surface area contributed by atoms with Gasteiger partial charge >= 0.3 is 0 Å². The van der Waals surface area contributed by atoms with Crippen LogP contribution in [0.4, 0.5) is 5.69 Å². The number of halogens is 1. The van der Waals surface area contributed by atoms with Gasteiger partial charge in [-0.3, -0.25) is 9.78 Å². The van der Waals surface area contributed by atoms with Gasteiger partial charge in [-0.2, -0.15) is 0 Å². The first-order valence-electron chi connectivity index (χ1n) is 5.33. The second kappa shape index (κ2) is 5.51. The summed E-state index contributed by atoms with van der Waals surface area (Å²) in [6.45, 7) is 0. The van der Waals surface area contributed by atoms with Gasteiger partial charge in [-0.05, 0) is 12.1 Å². The van der Waals surface area contributed by atoms with Crippen molar-refractivity contribution in [3.05, 3.63) is 53.3 Å². The van der Waals surface area contributed by atoms with Gasteiger partial charge in [-0.15, -0.1) is 0 Å². The summed E-state index contributed by atoms with van der Waals surface area (Å²) in [5.74, 6) is -0.156. The number of carbonyl (C=O) groups excluding carboxylic acids is 1. The van der Waals surface area contributed by atoms with Crippen LogP contribution in [0.25, 0.3) is 0 Å². The van der Waals surface area contributed by atoms with Crippen molar-refractivity contribution >= 4 is 23.2 Å². The number of phenolic OH excluding ortho intramolecular Hbond substituents is 1. The fourth-order valence-electron chi connectivity index (χ4n) is 1.50. The number of carbonyl (C=O) groups is 1. The minimum atomic E-state index is -0.258. The van der Waals surface area contributed by atoms with Gasteiger partial charge in [0.05, 0.1) is 23.3 Å². The normalized spacial score (nSPS) is 10.1. The molecule has 0 radical (unpaired) electrons. The summed E-state index contributed by atoms with van der Waals surface area (Å²) < 4.78 is 0. The van der Waals surface area contributed by atoms with Gasteiger partial charge in [0.25, 0.3) is 0 Å². The molecule has 0 unspecified atom stereocenters. The van der Waals surface area contributed by atoms with E-state index in [1.165, 1.54) is 6.20 Å². The van der Waals surface area contributed by atoms with Crippen molar-refractivity contribution in [2.45, 2.75) is 6.42 Å². The Morgan fingerprint density at radius 1 is 1.33 bits per heavy atom. The highest BCUT2D eigenvalue weighted by molar-refractivity contribution is 6.33. The van der Waals surface area contributed by atoms with Crippen LogP contribution in [0.15, 0.2) is 42.7 Å². The summed E-state index contributed by atoms with van der Waals surface area (Å²) in [6, 6.07) is 8.30. The number of para-hydroxylation sites is 1. The van der Waals surface area contributed by atoms with E-state index in [2.05, 4.69) is 10.3 Å². The van der Waals surface area contributed by atoms with Gasteiger partial charge < -0.3 is 10.4 Å². The van der Waals surface area contributed by atoms with Gasteiger partial charge in [0, 0.05) is 11.8 Å². The van der Waals surface area contributed by atoms with Crippen molar-refractivity contribution in [3.8, 4) is 5.75 Å². The standard InChI is InChI=1S/C13H11ClN2O2/c14-10-5-6-15-8-11(10)16-13(18)7-9-3-1-2-4-12(9)17/h1-6,8,17H,7H2,(H,16,18). The average Bonchev–Trinajstić information content (AvgIpc) is 2.35. The number of hydrogen-bond donors (Lipinski definition) is 2. The van der Waals surface area contributed by atoms with Gasteiger partial charge in [0.15, 0.2) is 0 Å². The molecular formula is C13H11ClN2O2. The van der Waals surface area contributed by atoms with E-state index in [-0.39, 0.29) is 18.1 Å². The lowest BCUT2D eigenvalue weighted by molar-refractivity contribution is -0.115. The van der Waals surface area contributed by atoms with Gasteiger partial charge in [-0.25, -0.2) is 0 Å². The highest BCUT2D eigenvalue weighted by Gasteiger charge is 2.09. The largest absolute Gasteiger partial charge is 0.508 e. The number of rotatable bonds is 3. The number of pyridine rings is 1. The van der Waals surface area contributed by atoms with Crippen molar-refractivity contribution in [3.63, 3.8) is 0 Å². The molecule has 0 saturated heterocycles. The maximum Gasteiger partial charge on any atom is 0.229 e. The third-order valence-electron chi connectivity index (χ3n) is 2.38. The van der Waals surface area contributed by atoms with Gasteiger partial charge in [-0.1, -0.05) is 29.8 Å². The summed E-state index contributed by atoms with van der Waals surface area (Å²) in [5, 5.41) is 12.6. The number of amides is 1. The smallest absolute Gasteiger partial charge is 0.229 e. The first kappa shape index (κ1) is 12.4. The van der Waals surface area contributed by atoms with Crippen molar-refractivity contribution in [1.29, 1.82) is 0 Å². The summed E-state index contributed by atoms with van der Waals surface area (Å²) in [5.41, 5.74) is 1.02. The maximum absolute atomic E-state index is 11.8. The number of phenols is 1. The summed E-state index contributed by atoms with van der Waals surface area (Å²) in [6.07, 6.45) is 3.10. The topological polar surface area (TPSA) is 62.2 Å². The number of anilines is 1. The number of aromatic nitrogens is 1. The fraction of sp³-hybridized carbons (Fsp3) is 0.0769. The van der Waals surface area contributed by atoms with Crippen LogP contribution in [0.5, 0.6) is 5.75 Å². The van der Waals surface area contributed by atoms with E-state index < -0.39 is 0 Å². The molecule has 0 spiro atoms. The van der Waals surface area contributed by atoms with E-state index in [9.17, 15) is 9.90 Å². The van der Waals surface area contributed by atoms with Gasteiger partial charge in [0.2, 0.25) is 5.91 Å². The lowest BCUT2D eigenvalue weighted by Crippen LogP contribution is -2.14. The van der Waals surface area contributed by atoms with Crippen molar-refractivity contribution in [2.24, 2.45) is 0 Å². The maximum atomic E-state index is 11.8. The molecule has 92 valence electrons. The Morgan fingerprint density at radius 3 is 2.83 bits per heavy atom. The molecule has 1 aromatic carbocycles. The number of nitrogens with zero attached hydrogens (tertiary/aromatic N) is 1. The first-order valence-corrected chi connectivity index (χ1v) is 5.71. The number of benzene rings is 1. The zero-order valence-electron chi connectivity index (χ0n) is 9.43. The zero-order valence-corrected chi connectivity index (χ0v) is 10.2. The molecule has 4 nitrogen and oxygen atoms in total. The van der Waals surface area contributed by atoms with Crippen LogP contribution in [0.2, 0.25) is 5.02 Å². The SMILES string of the molecule is O=C(Cc1ccccc1O)Nc1cnccc1Cl. The first-order chi connectivity index (χ1) is 8.66. The molecule has 1 aromatic heterocycles.